The number of H-pyrrole nitrogens is 1. The van der Waals surface area contributed by atoms with Gasteiger partial charge in [0.1, 0.15) is 17.2 Å². The van der Waals surface area contributed by atoms with Gasteiger partial charge < -0.3 is 15.0 Å². The van der Waals surface area contributed by atoms with E-state index in [2.05, 4.69) is 10.3 Å². The number of carbonyl (C=O) groups excluding carboxylic acids is 2. The highest BCUT2D eigenvalue weighted by atomic mass is 19.1. The summed E-state index contributed by atoms with van der Waals surface area (Å²) >= 11 is 0. The molecule has 0 saturated carbocycles. The molecule has 2 aromatic rings. The van der Waals surface area contributed by atoms with E-state index in [1.807, 2.05) is 13.8 Å². The van der Waals surface area contributed by atoms with Crippen molar-refractivity contribution in [3.8, 4) is 0 Å². The smallest absolute Gasteiger partial charge is 0.341 e. The normalized spacial score (nSPS) is 9.75. The van der Waals surface area contributed by atoms with Crippen molar-refractivity contribution in [3.05, 3.63) is 46.9 Å². The highest BCUT2D eigenvalue weighted by Crippen LogP contribution is 2.25. The minimum atomic E-state index is -0.582. The van der Waals surface area contributed by atoms with Gasteiger partial charge in [0, 0.05) is 6.92 Å². The zero-order valence-electron chi connectivity index (χ0n) is 14.6. The molecule has 0 unspecified atom stereocenters. The number of esters is 1. The fraction of sp³-hybridized carbons (Fsp3) is 0.333. The summed E-state index contributed by atoms with van der Waals surface area (Å²) < 4.78 is 18.9. The molecule has 1 heterocycles. The van der Waals surface area contributed by atoms with Crippen LogP contribution in [0.15, 0.2) is 24.3 Å². The van der Waals surface area contributed by atoms with Crippen LogP contribution in [0.4, 0.5) is 15.9 Å². The Balaban J connectivity index is 0.00000139. The Morgan fingerprint density at radius 2 is 1.92 bits per heavy atom. The Morgan fingerprint density at radius 1 is 1.25 bits per heavy atom. The van der Waals surface area contributed by atoms with Gasteiger partial charge in [0.15, 0.2) is 5.78 Å². The molecule has 0 aliphatic carbocycles. The van der Waals surface area contributed by atoms with E-state index < -0.39 is 11.8 Å². The first-order chi connectivity index (χ1) is 11.4. The van der Waals surface area contributed by atoms with Gasteiger partial charge in [-0.25, -0.2) is 9.18 Å². The third-order valence-corrected chi connectivity index (χ3v) is 3.08. The van der Waals surface area contributed by atoms with Crippen LogP contribution in [0.3, 0.4) is 0 Å². The van der Waals surface area contributed by atoms with Crippen molar-refractivity contribution in [2.75, 3.05) is 11.9 Å². The van der Waals surface area contributed by atoms with Crippen molar-refractivity contribution in [2.45, 2.75) is 34.6 Å². The second-order valence-electron chi connectivity index (χ2n) is 4.86. The zero-order valence-corrected chi connectivity index (χ0v) is 14.6. The number of aromatic amines is 1. The quantitative estimate of drug-likeness (QED) is 0.618. The number of hydrogen-bond acceptors (Lipinski definition) is 4. The number of halogens is 1. The fourth-order valence-corrected chi connectivity index (χ4v) is 1.97. The largest absolute Gasteiger partial charge is 0.462 e. The number of anilines is 2. The second-order valence-corrected chi connectivity index (χ2v) is 4.86. The first kappa shape index (κ1) is 19.4. The third-order valence-electron chi connectivity index (χ3n) is 3.08. The molecule has 5 nitrogen and oxygen atoms in total. The maximum absolute atomic E-state index is 13.9. The molecule has 2 rings (SSSR count). The molecule has 0 fully saturated rings. The van der Waals surface area contributed by atoms with Crippen molar-refractivity contribution in [2.24, 2.45) is 0 Å². The molecule has 130 valence electrons. The molecule has 1 aromatic carbocycles. The lowest BCUT2D eigenvalue weighted by Gasteiger charge is -2.09. The van der Waals surface area contributed by atoms with Crippen LogP contribution >= 0.6 is 0 Å². The molecule has 0 spiro atoms. The van der Waals surface area contributed by atoms with Gasteiger partial charge in [-0.15, -0.1) is 0 Å². The van der Waals surface area contributed by atoms with Crippen LogP contribution in [0.25, 0.3) is 0 Å². The highest BCUT2D eigenvalue weighted by Gasteiger charge is 2.19. The summed E-state index contributed by atoms with van der Waals surface area (Å²) in [6.07, 6.45) is 0. The number of ketones is 1. The number of nitrogens with one attached hydrogen (secondary N) is 2. The van der Waals surface area contributed by atoms with Gasteiger partial charge >= 0.3 is 5.97 Å². The summed E-state index contributed by atoms with van der Waals surface area (Å²) in [5.41, 5.74) is 1.39. The molecule has 0 radical (unpaired) electrons. The number of benzene rings is 1. The van der Waals surface area contributed by atoms with Crippen molar-refractivity contribution in [3.63, 3.8) is 0 Å². The highest BCUT2D eigenvalue weighted by molar-refractivity contribution is 6.01. The van der Waals surface area contributed by atoms with Gasteiger partial charge in [-0.2, -0.15) is 0 Å². The van der Waals surface area contributed by atoms with E-state index in [4.69, 9.17) is 4.74 Å². The first-order valence-corrected chi connectivity index (χ1v) is 7.86. The molecule has 0 atom stereocenters. The Bertz CT molecular complexity index is 723. The predicted molar refractivity (Wildman–Crippen MR) is 92.5 cm³/mol. The van der Waals surface area contributed by atoms with Gasteiger partial charge in [0.2, 0.25) is 0 Å². The number of rotatable bonds is 5. The molecule has 0 amide bonds. The average Bonchev–Trinajstić information content (AvgIpc) is 2.97. The second kappa shape index (κ2) is 8.86. The van der Waals surface area contributed by atoms with Crippen molar-refractivity contribution >= 4 is 23.3 Å². The van der Waals surface area contributed by atoms with E-state index in [0.717, 1.165) is 5.56 Å². The number of hydrogen-bond donors (Lipinski definition) is 2. The van der Waals surface area contributed by atoms with Crippen LogP contribution in [0.5, 0.6) is 0 Å². The van der Waals surface area contributed by atoms with Crippen LogP contribution in [0.1, 0.15) is 54.1 Å². The molecule has 1 aromatic heterocycles. The minimum absolute atomic E-state index is 0.159. The van der Waals surface area contributed by atoms with Gasteiger partial charge in [0.05, 0.1) is 18.0 Å². The molecule has 6 heteroatoms. The predicted octanol–water partition coefficient (Wildman–Crippen LogP) is 4.61. The molecule has 0 aliphatic rings. The monoisotopic (exact) mass is 334 g/mol. The molecular weight excluding hydrogens is 311 g/mol. The van der Waals surface area contributed by atoms with Gasteiger partial charge in [0.25, 0.3) is 0 Å². The van der Waals surface area contributed by atoms with E-state index in [1.54, 1.807) is 26.0 Å². The Morgan fingerprint density at radius 3 is 2.46 bits per heavy atom. The number of aryl methyl sites for hydroxylation is 1. The van der Waals surface area contributed by atoms with Crippen LogP contribution in [0.2, 0.25) is 0 Å². The lowest BCUT2D eigenvalue weighted by Crippen LogP contribution is -2.07. The number of aromatic nitrogens is 1. The molecule has 0 saturated heterocycles. The van der Waals surface area contributed by atoms with Crippen LogP contribution in [0, 0.1) is 12.7 Å². The lowest BCUT2D eigenvalue weighted by atomic mass is 10.2. The summed E-state index contributed by atoms with van der Waals surface area (Å²) in [5, 5.41) is 2.80. The summed E-state index contributed by atoms with van der Waals surface area (Å²) in [6.45, 7) is 9.04. The van der Waals surface area contributed by atoms with Crippen molar-refractivity contribution in [1.82, 2.24) is 4.98 Å². The Labute approximate surface area is 141 Å². The van der Waals surface area contributed by atoms with Gasteiger partial charge in [-0.05, 0) is 37.6 Å². The Hall–Kier alpha value is -2.63. The van der Waals surface area contributed by atoms with E-state index in [-0.39, 0.29) is 35.2 Å². The summed E-state index contributed by atoms with van der Waals surface area (Å²) in [5.74, 6) is -1.04. The van der Waals surface area contributed by atoms with Crippen molar-refractivity contribution in [1.29, 1.82) is 0 Å². The van der Waals surface area contributed by atoms with Gasteiger partial charge in [-0.1, -0.05) is 19.9 Å². The number of Topliss-reactive ketones (excluding diaryl/α,β-unsaturated/α-hetero) is 1. The zero-order chi connectivity index (χ0) is 18.3. The lowest BCUT2D eigenvalue weighted by molar-refractivity contribution is 0.0528. The average molecular weight is 334 g/mol. The Kier molecular flexibility index (Phi) is 7.17. The topological polar surface area (TPSA) is 71.2 Å². The molecule has 2 N–H and O–H groups in total. The fourth-order valence-electron chi connectivity index (χ4n) is 1.97. The molecule has 24 heavy (non-hydrogen) atoms. The van der Waals surface area contributed by atoms with E-state index in [1.165, 1.54) is 19.1 Å². The van der Waals surface area contributed by atoms with Crippen LogP contribution in [-0.4, -0.2) is 23.3 Å². The van der Waals surface area contributed by atoms with Gasteiger partial charge in [-0.3, -0.25) is 4.79 Å². The molecule has 0 bridgehead atoms. The summed E-state index contributed by atoms with van der Waals surface area (Å²) in [7, 11) is 0. The standard InChI is InChI=1S/C16H17FN2O3.C2H6/c1-4-22-16(21)11-8-14(10(3)20)19-15(11)18-13-6-5-9(2)7-12(13)17;1-2/h5-8,18-19H,4H2,1-3H3;1-2H3. The van der Waals surface area contributed by atoms with Crippen molar-refractivity contribution < 1.29 is 18.7 Å². The maximum atomic E-state index is 13.9. The van der Waals surface area contributed by atoms with Crippen LogP contribution in [-0.2, 0) is 4.74 Å². The number of ether oxygens (including phenoxy) is 1. The minimum Gasteiger partial charge on any atom is -0.462 e. The van der Waals surface area contributed by atoms with E-state index >= 15 is 0 Å². The maximum Gasteiger partial charge on any atom is 0.341 e. The summed E-state index contributed by atoms with van der Waals surface area (Å²) in [6, 6.07) is 6.08. The number of carbonyl (C=O) groups is 2. The molecule has 0 aliphatic heterocycles. The summed E-state index contributed by atoms with van der Waals surface area (Å²) in [4.78, 5) is 26.2. The first-order valence-electron chi connectivity index (χ1n) is 7.86. The third kappa shape index (κ3) is 4.68. The van der Waals surface area contributed by atoms with E-state index in [9.17, 15) is 14.0 Å². The SMILES string of the molecule is CC.CCOC(=O)c1cc(C(C)=O)[nH]c1Nc1ccc(C)cc1F. The molecular formula is C18H23FN2O3. The van der Waals surface area contributed by atoms with E-state index in [0.29, 0.717) is 0 Å². The van der Waals surface area contributed by atoms with Crippen LogP contribution < -0.4 is 5.32 Å².